The number of nitrogens with one attached hydrogen (secondary N) is 2. The SMILES string of the molecule is CCN(CCCNC(=O)CCCCCNC(C)=O)c1ccc(/C=C/c2ccc(N(C)C)cc2)cc1. The van der Waals surface area contributed by atoms with Crippen LogP contribution in [0.25, 0.3) is 12.2 Å². The second kappa shape index (κ2) is 15.6. The number of anilines is 2. The first-order valence-corrected chi connectivity index (χ1v) is 12.7. The molecule has 35 heavy (non-hydrogen) atoms. The molecule has 0 heterocycles. The number of carbonyl (C=O) groups excluding carboxylic acids is 2. The van der Waals surface area contributed by atoms with Gasteiger partial charge in [-0.3, -0.25) is 9.59 Å². The van der Waals surface area contributed by atoms with Crippen LogP contribution in [-0.2, 0) is 9.59 Å². The molecule has 6 heteroatoms. The van der Waals surface area contributed by atoms with Crippen molar-refractivity contribution >= 4 is 35.3 Å². The van der Waals surface area contributed by atoms with E-state index in [-0.39, 0.29) is 11.8 Å². The van der Waals surface area contributed by atoms with Crippen molar-refractivity contribution in [3.05, 3.63) is 59.7 Å². The molecule has 0 aliphatic heterocycles. The molecule has 2 aromatic rings. The van der Waals surface area contributed by atoms with Crippen molar-refractivity contribution in [1.82, 2.24) is 10.6 Å². The summed E-state index contributed by atoms with van der Waals surface area (Å²) in [4.78, 5) is 27.3. The van der Waals surface area contributed by atoms with Crippen molar-refractivity contribution in [2.24, 2.45) is 0 Å². The summed E-state index contributed by atoms with van der Waals surface area (Å²) in [5.74, 6) is 0.110. The third kappa shape index (κ3) is 11.1. The summed E-state index contributed by atoms with van der Waals surface area (Å²) in [6.45, 7) is 6.88. The highest BCUT2D eigenvalue weighted by molar-refractivity contribution is 5.75. The van der Waals surface area contributed by atoms with E-state index in [1.807, 2.05) is 14.1 Å². The molecule has 2 amide bonds. The Morgan fingerprint density at radius 2 is 1.34 bits per heavy atom. The Labute approximate surface area is 211 Å². The number of benzene rings is 2. The van der Waals surface area contributed by atoms with Gasteiger partial charge >= 0.3 is 0 Å². The summed E-state index contributed by atoms with van der Waals surface area (Å²) >= 11 is 0. The maximum atomic E-state index is 12.0. The van der Waals surface area contributed by atoms with Gasteiger partial charge in [0.1, 0.15) is 0 Å². The lowest BCUT2D eigenvalue weighted by atomic mass is 10.1. The Kier molecular flexibility index (Phi) is 12.5. The Balaban J connectivity index is 1.69. The van der Waals surface area contributed by atoms with Crippen LogP contribution in [0.1, 0.15) is 57.1 Å². The summed E-state index contributed by atoms with van der Waals surface area (Å²) in [6, 6.07) is 17.1. The lowest BCUT2D eigenvalue weighted by Crippen LogP contribution is -2.29. The minimum Gasteiger partial charge on any atom is -0.378 e. The molecule has 0 spiro atoms. The second-order valence-electron chi connectivity index (χ2n) is 8.99. The average molecular weight is 479 g/mol. The van der Waals surface area contributed by atoms with E-state index in [0.29, 0.717) is 19.5 Å². The van der Waals surface area contributed by atoms with Crippen molar-refractivity contribution in [3.8, 4) is 0 Å². The molecule has 0 aliphatic carbocycles. The number of unbranched alkanes of at least 4 members (excludes halogenated alkanes) is 2. The predicted octanol–water partition coefficient (Wildman–Crippen LogP) is 4.95. The number of carbonyl (C=O) groups is 2. The lowest BCUT2D eigenvalue weighted by Gasteiger charge is -2.23. The van der Waals surface area contributed by atoms with Gasteiger partial charge in [0, 0.05) is 65.0 Å². The number of rotatable bonds is 15. The topological polar surface area (TPSA) is 64.7 Å². The van der Waals surface area contributed by atoms with Gasteiger partial charge in [0.05, 0.1) is 0 Å². The van der Waals surface area contributed by atoms with Crippen molar-refractivity contribution in [3.63, 3.8) is 0 Å². The molecule has 0 atom stereocenters. The van der Waals surface area contributed by atoms with Crippen LogP contribution in [0, 0.1) is 0 Å². The fourth-order valence-electron chi connectivity index (χ4n) is 3.78. The number of nitrogens with zero attached hydrogens (tertiary/aromatic N) is 2. The van der Waals surface area contributed by atoms with E-state index in [9.17, 15) is 9.59 Å². The smallest absolute Gasteiger partial charge is 0.219 e. The maximum Gasteiger partial charge on any atom is 0.219 e. The van der Waals surface area contributed by atoms with Gasteiger partial charge in [0.25, 0.3) is 0 Å². The first kappa shape index (κ1) is 28.0. The quantitative estimate of drug-likeness (QED) is 0.281. The molecule has 190 valence electrons. The molecule has 0 bridgehead atoms. The lowest BCUT2D eigenvalue weighted by molar-refractivity contribution is -0.121. The Bertz CT molecular complexity index is 921. The van der Waals surface area contributed by atoms with Gasteiger partial charge in [0.2, 0.25) is 11.8 Å². The normalized spacial score (nSPS) is 10.9. The zero-order valence-corrected chi connectivity index (χ0v) is 21.8. The monoisotopic (exact) mass is 478 g/mol. The van der Waals surface area contributed by atoms with E-state index >= 15 is 0 Å². The van der Waals surface area contributed by atoms with Crippen LogP contribution in [0.3, 0.4) is 0 Å². The average Bonchev–Trinajstić information content (AvgIpc) is 2.85. The van der Waals surface area contributed by atoms with Crippen molar-refractivity contribution in [2.45, 2.75) is 46.0 Å². The van der Waals surface area contributed by atoms with E-state index < -0.39 is 0 Å². The fraction of sp³-hybridized carbons (Fsp3) is 0.448. The Morgan fingerprint density at radius 3 is 1.89 bits per heavy atom. The maximum absolute atomic E-state index is 12.0. The van der Waals surface area contributed by atoms with Crippen molar-refractivity contribution in [1.29, 1.82) is 0 Å². The molecule has 2 aromatic carbocycles. The van der Waals surface area contributed by atoms with Gasteiger partial charge in [-0.05, 0) is 61.6 Å². The van der Waals surface area contributed by atoms with Crippen LogP contribution in [0.2, 0.25) is 0 Å². The van der Waals surface area contributed by atoms with Crippen molar-refractivity contribution < 1.29 is 9.59 Å². The largest absolute Gasteiger partial charge is 0.378 e. The molecular weight excluding hydrogens is 436 g/mol. The van der Waals surface area contributed by atoms with Gasteiger partial charge in [-0.25, -0.2) is 0 Å². The molecule has 0 radical (unpaired) electrons. The summed E-state index contributed by atoms with van der Waals surface area (Å²) in [6.07, 6.45) is 8.45. The highest BCUT2D eigenvalue weighted by Gasteiger charge is 2.05. The van der Waals surface area contributed by atoms with Gasteiger partial charge in [-0.1, -0.05) is 42.8 Å². The minimum atomic E-state index is -0.00129. The van der Waals surface area contributed by atoms with E-state index in [4.69, 9.17) is 0 Å². The molecule has 0 saturated carbocycles. The molecule has 0 fully saturated rings. The van der Waals surface area contributed by atoms with E-state index in [2.05, 4.69) is 88.0 Å². The molecule has 2 rings (SSSR count). The Morgan fingerprint density at radius 1 is 0.771 bits per heavy atom. The van der Waals surface area contributed by atoms with Crippen LogP contribution in [0.4, 0.5) is 11.4 Å². The standard InChI is InChI=1S/C29H42N4O2/c1-5-33(23-9-22-31-29(35)10-7-6-8-21-30-24(2)34)28-19-15-26(16-20-28)12-11-25-13-17-27(18-14-25)32(3)4/h11-20H,5-10,21-23H2,1-4H3,(H,30,34)(H,31,35)/b12-11+. The number of hydrogen-bond acceptors (Lipinski definition) is 4. The minimum absolute atomic E-state index is 0.00129. The molecule has 2 N–H and O–H groups in total. The molecule has 0 unspecified atom stereocenters. The molecule has 6 nitrogen and oxygen atoms in total. The van der Waals surface area contributed by atoms with Gasteiger partial charge in [-0.15, -0.1) is 0 Å². The van der Waals surface area contributed by atoms with E-state index in [0.717, 1.165) is 38.8 Å². The highest BCUT2D eigenvalue weighted by Crippen LogP contribution is 2.18. The molecule has 0 aromatic heterocycles. The van der Waals surface area contributed by atoms with Crippen LogP contribution in [0.5, 0.6) is 0 Å². The molecule has 0 saturated heterocycles. The highest BCUT2D eigenvalue weighted by atomic mass is 16.2. The first-order chi connectivity index (χ1) is 16.9. The summed E-state index contributed by atoms with van der Waals surface area (Å²) in [5, 5.41) is 5.80. The Hall–Kier alpha value is -3.28. The molecule has 0 aliphatic rings. The van der Waals surface area contributed by atoms with Gasteiger partial charge in [-0.2, -0.15) is 0 Å². The van der Waals surface area contributed by atoms with Crippen molar-refractivity contribution in [2.75, 3.05) is 50.1 Å². The summed E-state index contributed by atoms with van der Waals surface area (Å²) < 4.78 is 0. The zero-order chi connectivity index (χ0) is 25.5. The summed E-state index contributed by atoms with van der Waals surface area (Å²) in [5.41, 5.74) is 4.75. The van der Waals surface area contributed by atoms with Crippen LogP contribution in [0.15, 0.2) is 48.5 Å². The van der Waals surface area contributed by atoms with E-state index in [1.165, 1.54) is 29.4 Å². The first-order valence-electron chi connectivity index (χ1n) is 12.7. The van der Waals surface area contributed by atoms with Crippen LogP contribution in [-0.4, -0.2) is 52.1 Å². The van der Waals surface area contributed by atoms with Gasteiger partial charge in [0.15, 0.2) is 0 Å². The summed E-state index contributed by atoms with van der Waals surface area (Å²) in [7, 11) is 4.09. The second-order valence-corrected chi connectivity index (χ2v) is 8.99. The third-order valence-corrected chi connectivity index (χ3v) is 5.90. The third-order valence-electron chi connectivity index (χ3n) is 5.90. The van der Waals surface area contributed by atoms with Crippen LogP contribution < -0.4 is 20.4 Å². The predicted molar refractivity (Wildman–Crippen MR) is 149 cm³/mol. The number of hydrogen-bond donors (Lipinski definition) is 2. The molecular formula is C29H42N4O2. The van der Waals surface area contributed by atoms with Crippen LogP contribution >= 0.6 is 0 Å². The van der Waals surface area contributed by atoms with Gasteiger partial charge < -0.3 is 20.4 Å². The zero-order valence-electron chi connectivity index (χ0n) is 21.8. The fourth-order valence-corrected chi connectivity index (χ4v) is 3.78. The van der Waals surface area contributed by atoms with E-state index in [1.54, 1.807) is 0 Å². The number of amides is 2.